The van der Waals surface area contributed by atoms with Gasteiger partial charge in [-0.05, 0) is 45.4 Å². The van der Waals surface area contributed by atoms with Crippen LogP contribution in [0.2, 0.25) is 0 Å². The van der Waals surface area contributed by atoms with Gasteiger partial charge in [-0.2, -0.15) is 13.2 Å². The number of benzene rings is 1. The highest BCUT2D eigenvalue weighted by Crippen LogP contribution is 2.32. The molecule has 11 heteroatoms. The number of hydrogen-bond donors (Lipinski definition) is 1. The summed E-state index contributed by atoms with van der Waals surface area (Å²) in [5.74, 6) is 0.453. The lowest BCUT2D eigenvalue weighted by Gasteiger charge is -2.35. The van der Waals surface area contributed by atoms with E-state index in [0.29, 0.717) is 37.8 Å². The second-order valence-electron chi connectivity index (χ2n) is 8.10. The molecular formula is C20H31F3IN3O3S. The van der Waals surface area contributed by atoms with E-state index in [1.807, 2.05) is 11.8 Å². The minimum Gasteiger partial charge on any atom is -0.370 e. The quantitative estimate of drug-likeness (QED) is 0.327. The molecule has 0 radical (unpaired) electrons. The predicted molar refractivity (Wildman–Crippen MR) is 127 cm³/mol. The van der Waals surface area contributed by atoms with E-state index in [2.05, 4.69) is 10.3 Å². The van der Waals surface area contributed by atoms with Crippen molar-refractivity contribution in [2.24, 2.45) is 4.99 Å². The van der Waals surface area contributed by atoms with E-state index in [0.717, 1.165) is 12.1 Å². The molecule has 1 aliphatic heterocycles. The molecule has 1 unspecified atom stereocenters. The van der Waals surface area contributed by atoms with Gasteiger partial charge in [0.05, 0.1) is 35.8 Å². The first-order valence-corrected chi connectivity index (χ1v) is 11.5. The van der Waals surface area contributed by atoms with E-state index in [1.165, 1.54) is 6.07 Å². The van der Waals surface area contributed by atoms with Gasteiger partial charge in [-0.1, -0.05) is 12.1 Å². The zero-order valence-electron chi connectivity index (χ0n) is 18.2. The van der Waals surface area contributed by atoms with E-state index >= 15 is 0 Å². The van der Waals surface area contributed by atoms with Crippen LogP contribution >= 0.6 is 24.0 Å². The van der Waals surface area contributed by atoms with Crippen LogP contribution in [-0.4, -0.2) is 62.6 Å². The lowest BCUT2D eigenvalue weighted by Crippen LogP contribution is -2.48. The van der Waals surface area contributed by atoms with E-state index < -0.39 is 32.4 Å². The molecule has 1 aliphatic rings. The Kier molecular flexibility index (Phi) is 10.1. The predicted octanol–water partition coefficient (Wildman–Crippen LogP) is 3.88. The topological polar surface area (TPSA) is 71.0 Å². The molecule has 0 aromatic heterocycles. The number of ether oxygens (including phenoxy) is 1. The number of halogens is 4. The van der Waals surface area contributed by atoms with Gasteiger partial charge < -0.3 is 15.0 Å². The SMILES string of the molecule is CCNC(=NCCS(=O)(=O)C(C)(C)C)N1CCOC(c2cccc(C(F)(F)F)c2)C1.I. The average Bonchev–Trinajstić information content (AvgIpc) is 2.66. The molecule has 1 aromatic rings. The maximum absolute atomic E-state index is 13.0. The maximum Gasteiger partial charge on any atom is 0.416 e. The molecule has 178 valence electrons. The molecule has 1 heterocycles. The molecule has 0 amide bonds. The largest absolute Gasteiger partial charge is 0.416 e. The lowest BCUT2D eigenvalue weighted by atomic mass is 10.0. The second kappa shape index (κ2) is 11.2. The summed E-state index contributed by atoms with van der Waals surface area (Å²) in [5.41, 5.74) is -0.269. The minimum absolute atomic E-state index is 0. The molecule has 1 N–H and O–H groups in total. The molecule has 0 bridgehead atoms. The molecule has 0 spiro atoms. The van der Waals surface area contributed by atoms with Crippen molar-refractivity contribution < 1.29 is 26.3 Å². The van der Waals surface area contributed by atoms with Crippen molar-refractivity contribution >= 4 is 39.8 Å². The number of rotatable bonds is 5. The Labute approximate surface area is 199 Å². The summed E-state index contributed by atoms with van der Waals surface area (Å²) >= 11 is 0. The van der Waals surface area contributed by atoms with Crippen molar-refractivity contribution in [2.45, 2.75) is 44.7 Å². The van der Waals surface area contributed by atoms with Crippen LogP contribution < -0.4 is 5.32 Å². The van der Waals surface area contributed by atoms with Crippen LogP contribution in [0.3, 0.4) is 0 Å². The van der Waals surface area contributed by atoms with Gasteiger partial charge in [0.25, 0.3) is 0 Å². The molecule has 0 saturated carbocycles. The van der Waals surface area contributed by atoms with E-state index in [1.54, 1.807) is 26.8 Å². The van der Waals surface area contributed by atoms with Gasteiger partial charge in [0.15, 0.2) is 15.8 Å². The van der Waals surface area contributed by atoms with Gasteiger partial charge in [-0.15, -0.1) is 24.0 Å². The van der Waals surface area contributed by atoms with Crippen molar-refractivity contribution in [2.75, 3.05) is 38.5 Å². The van der Waals surface area contributed by atoms with Gasteiger partial charge in [0.2, 0.25) is 0 Å². The number of alkyl halides is 3. The molecule has 1 saturated heterocycles. The molecular weight excluding hydrogens is 546 g/mol. The monoisotopic (exact) mass is 577 g/mol. The van der Waals surface area contributed by atoms with Crippen molar-refractivity contribution in [3.05, 3.63) is 35.4 Å². The Balaban J connectivity index is 0.00000480. The average molecular weight is 577 g/mol. The standard InChI is InChI=1S/C20H30F3N3O3S.HI/c1-5-24-18(25-9-12-30(27,28)19(2,3)4)26-10-11-29-17(14-26)15-7-6-8-16(13-15)20(21,22)23;/h6-8,13,17H,5,9-12,14H2,1-4H3,(H,24,25);1H. The van der Waals surface area contributed by atoms with Crippen molar-refractivity contribution in [3.8, 4) is 0 Å². The number of aliphatic imine (C=N–C) groups is 1. The van der Waals surface area contributed by atoms with Gasteiger partial charge >= 0.3 is 6.18 Å². The summed E-state index contributed by atoms with van der Waals surface area (Å²) in [6.07, 6.45) is -4.96. The molecule has 2 rings (SSSR count). The molecule has 0 aliphatic carbocycles. The summed E-state index contributed by atoms with van der Waals surface area (Å²) in [6.45, 7) is 8.69. The summed E-state index contributed by atoms with van der Waals surface area (Å²) in [6, 6.07) is 5.12. The smallest absolute Gasteiger partial charge is 0.370 e. The Morgan fingerprint density at radius 3 is 2.55 bits per heavy atom. The molecule has 1 atom stereocenters. The van der Waals surface area contributed by atoms with E-state index in [4.69, 9.17) is 4.74 Å². The van der Waals surface area contributed by atoms with Crippen LogP contribution in [0.5, 0.6) is 0 Å². The summed E-state index contributed by atoms with van der Waals surface area (Å²) < 4.78 is 68.5. The summed E-state index contributed by atoms with van der Waals surface area (Å²) in [7, 11) is -3.30. The van der Waals surface area contributed by atoms with Crippen LogP contribution in [-0.2, 0) is 20.8 Å². The summed E-state index contributed by atoms with van der Waals surface area (Å²) in [4.78, 5) is 6.33. The molecule has 1 aromatic carbocycles. The Morgan fingerprint density at radius 1 is 1.29 bits per heavy atom. The van der Waals surface area contributed by atoms with Crippen LogP contribution in [0, 0.1) is 0 Å². The van der Waals surface area contributed by atoms with Gasteiger partial charge in [0.1, 0.15) is 6.10 Å². The van der Waals surface area contributed by atoms with Crippen LogP contribution in [0.15, 0.2) is 29.3 Å². The highest BCUT2D eigenvalue weighted by molar-refractivity contribution is 14.0. The van der Waals surface area contributed by atoms with Gasteiger partial charge in [-0.25, -0.2) is 8.42 Å². The number of hydrogen-bond acceptors (Lipinski definition) is 4. The molecule has 31 heavy (non-hydrogen) atoms. The third-order valence-electron chi connectivity index (χ3n) is 4.84. The zero-order chi connectivity index (χ0) is 22.6. The van der Waals surface area contributed by atoms with Crippen LogP contribution in [0.25, 0.3) is 0 Å². The number of guanidine groups is 1. The van der Waals surface area contributed by atoms with Crippen molar-refractivity contribution in [1.82, 2.24) is 10.2 Å². The summed E-state index contributed by atoms with van der Waals surface area (Å²) in [5, 5.41) is 3.13. The molecule has 6 nitrogen and oxygen atoms in total. The van der Waals surface area contributed by atoms with Gasteiger partial charge in [-0.3, -0.25) is 4.99 Å². The van der Waals surface area contributed by atoms with Crippen LogP contribution in [0.4, 0.5) is 13.2 Å². The minimum atomic E-state index is -4.42. The lowest BCUT2D eigenvalue weighted by molar-refractivity contribution is -0.137. The number of nitrogens with one attached hydrogen (secondary N) is 1. The van der Waals surface area contributed by atoms with E-state index in [9.17, 15) is 21.6 Å². The highest BCUT2D eigenvalue weighted by atomic mass is 127. The first kappa shape index (κ1) is 28.0. The van der Waals surface area contributed by atoms with Crippen molar-refractivity contribution in [3.63, 3.8) is 0 Å². The van der Waals surface area contributed by atoms with E-state index in [-0.39, 0.29) is 36.3 Å². The number of morpholine rings is 1. The number of nitrogens with zero attached hydrogens (tertiary/aromatic N) is 2. The first-order chi connectivity index (χ1) is 13.8. The van der Waals surface area contributed by atoms with Crippen LogP contribution in [0.1, 0.15) is 44.9 Å². The van der Waals surface area contributed by atoms with Crippen molar-refractivity contribution in [1.29, 1.82) is 0 Å². The second-order valence-corrected chi connectivity index (χ2v) is 11.0. The Bertz CT molecular complexity index is 855. The third kappa shape index (κ3) is 7.77. The fraction of sp³-hybridized carbons (Fsp3) is 0.650. The molecule has 1 fully saturated rings. The fourth-order valence-electron chi connectivity index (χ4n) is 2.96. The fourth-order valence-corrected chi connectivity index (χ4v) is 3.91. The normalized spacial score (nSPS) is 18.5. The van der Waals surface area contributed by atoms with Gasteiger partial charge in [0, 0.05) is 13.1 Å². The zero-order valence-corrected chi connectivity index (χ0v) is 21.3. The Hall–Kier alpha value is -1.08. The first-order valence-electron chi connectivity index (χ1n) is 9.89. The maximum atomic E-state index is 13.0. The Morgan fingerprint density at radius 2 is 1.97 bits per heavy atom. The third-order valence-corrected chi connectivity index (χ3v) is 7.43. The highest BCUT2D eigenvalue weighted by Gasteiger charge is 2.32. The number of sulfone groups is 1.